The quantitative estimate of drug-likeness (QED) is 0.493. The van der Waals surface area contributed by atoms with Gasteiger partial charge in [0, 0.05) is 18.3 Å². The molecule has 0 radical (unpaired) electrons. The van der Waals surface area contributed by atoms with E-state index in [-0.39, 0.29) is 5.78 Å². The summed E-state index contributed by atoms with van der Waals surface area (Å²) in [5.74, 6) is 0.119. The maximum atomic E-state index is 10.5. The summed E-state index contributed by atoms with van der Waals surface area (Å²) in [4.78, 5) is 10.5. The molecule has 0 aromatic rings. The van der Waals surface area contributed by atoms with Gasteiger partial charge in [0.15, 0.2) is 5.78 Å². The highest BCUT2D eigenvalue weighted by Gasteiger charge is 2.02. The van der Waals surface area contributed by atoms with Crippen LogP contribution in [0.3, 0.4) is 0 Å². The molecule has 1 aliphatic rings. The lowest BCUT2D eigenvalue weighted by Crippen LogP contribution is -2.13. The Kier molecular flexibility index (Phi) is 1.16. The van der Waals surface area contributed by atoms with Crippen molar-refractivity contribution in [1.82, 2.24) is 5.32 Å². The van der Waals surface area contributed by atoms with Gasteiger partial charge in [-0.25, -0.2) is 0 Å². The first-order chi connectivity index (χ1) is 3.79. The molecule has 0 saturated heterocycles. The molecule has 1 N–H and O–H groups in total. The van der Waals surface area contributed by atoms with Crippen molar-refractivity contribution < 1.29 is 4.79 Å². The number of carbonyl (C=O) groups excluding carboxylic acids is 1. The van der Waals surface area contributed by atoms with Gasteiger partial charge in [-0.3, -0.25) is 4.79 Å². The van der Waals surface area contributed by atoms with E-state index in [1.807, 2.05) is 0 Å². The van der Waals surface area contributed by atoms with E-state index in [1.54, 1.807) is 6.20 Å². The van der Waals surface area contributed by atoms with Crippen LogP contribution in [0.15, 0.2) is 24.6 Å². The zero-order chi connectivity index (χ0) is 5.98. The molecule has 0 spiro atoms. The van der Waals surface area contributed by atoms with Gasteiger partial charge in [0.2, 0.25) is 0 Å². The van der Waals surface area contributed by atoms with Crippen molar-refractivity contribution in [2.24, 2.45) is 0 Å². The van der Waals surface area contributed by atoms with Crippen LogP contribution in [0, 0.1) is 0 Å². The van der Waals surface area contributed by atoms with Crippen molar-refractivity contribution in [3.63, 3.8) is 0 Å². The smallest absolute Gasteiger partial charge is 0.162 e. The van der Waals surface area contributed by atoms with E-state index in [0.717, 1.165) is 5.70 Å². The van der Waals surface area contributed by atoms with Crippen molar-refractivity contribution in [3.05, 3.63) is 24.6 Å². The summed E-state index contributed by atoms with van der Waals surface area (Å²) in [5, 5.41) is 2.82. The standard InChI is InChI=1S/C6H7NO/c1-5-4-6(8)2-3-7-5/h2-3,7H,1,4H2. The van der Waals surface area contributed by atoms with Crippen LogP contribution in [0.4, 0.5) is 0 Å². The molecular formula is C6H7NO. The summed E-state index contributed by atoms with van der Waals surface area (Å²) < 4.78 is 0. The van der Waals surface area contributed by atoms with Crippen molar-refractivity contribution >= 4 is 5.78 Å². The Labute approximate surface area is 47.9 Å². The first-order valence-electron chi connectivity index (χ1n) is 2.43. The molecule has 0 amide bonds. The highest BCUT2D eigenvalue weighted by atomic mass is 16.1. The third-order valence-electron chi connectivity index (χ3n) is 0.944. The lowest BCUT2D eigenvalue weighted by atomic mass is 10.2. The van der Waals surface area contributed by atoms with Crippen LogP contribution < -0.4 is 5.32 Å². The van der Waals surface area contributed by atoms with Gasteiger partial charge in [0.25, 0.3) is 0 Å². The minimum Gasteiger partial charge on any atom is -0.365 e. The lowest BCUT2D eigenvalue weighted by molar-refractivity contribution is -0.114. The molecule has 0 saturated carbocycles. The zero-order valence-electron chi connectivity index (χ0n) is 4.48. The van der Waals surface area contributed by atoms with Crippen LogP contribution in [-0.4, -0.2) is 5.78 Å². The van der Waals surface area contributed by atoms with Crippen molar-refractivity contribution in [1.29, 1.82) is 0 Å². The van der Waals surface area contributed by atoms with E-state index in [4.69, 9.17) is 0 Å². The maximum Gasteiger partial charge on any atom is 0.162 e. The summed E-state index contributed by atoms with van der Waals surface area (Å²) in [5.41, 5.74) is 0.775. The van der Waals surface area contributed by atoms with E-state index in [9.17, 15) is 4.79 Å². The number of ketones is 1. The SMILES string of the molecule is C=C1CC(=O)C=CN1. The molecular weight excluding hydrogens is 102 g/mol. The number of rotatable bonds is 0. The minimum atomic E-state index is 0.119. The van der Waals surface area contributed by atoms with Crippen molar-refractivity contribution in [2.75, 3.05) is 0 Å². The van der Waals surface area contributed by atoms with Crippen LogP contribution in [-0.2, 0) is 4.79 Å². The van der Waals surface area contributed by atoms with Gasteiger partial charge < -0.3 is 5.32 Å². The molecule has 8 heavy (non-hydrogen) atoms. The van der Waals surface area contributed by atoms with Gasteiger partial charge >= 0.3 is 0 Å². The molecule has 1 heterocycles. The predicted octanol–water partition coefficient (Wildman–Crippen LogP) is 0.576. The first-order valence-corrected chi connectivity index (χ1v) is 2.43. The molecule has 2 nitrogen and oxygen atoms in total. The van der Waals surface area contributed by atoms with Crippen LogP contribution in [0.2, 0.25) is 0 Å². The third kappa shape index (κ3) is 0.964. The van der Waals surface area contributed by atoms with Gasteiger partial charge in [0.05, 0.1) is 0 Å². The summed E-state index contributed by atoms with van der Waals surface area (Å²) in [6, 6.07) is 0. The Morgan fingerprint density at radius 1 is 1.75 bits per heavy atom. The zero-order valence-corrected chi connectivity index (χ0v) is 4.48. The third-order valence-corrected chi connectivity index (χ3v) is 0.944. The first kappa shape index (κ1) is 5.09. The van der Waals surface area contributed by atoms with Crippen molar-refractivity contribution in [2.45, 2.75) is 6.42 Å². The molecule has 0 unspecified atom stereocenters. The monoisotopic (exact) mass is 109 g/mol. The van der Waals surface area contributed by atoms with Gasteiger partial charge in [-0.05, 0) is 6.08 Å². The highest BCUT2D eigenvalue weighted by Crippen LogP contribution is 1.99. The molecule has 1 aliphatic heterocycles. The van der Waals surface area contributed by atoms with Gasteiger partial charge in [-0.1, -0.05) is 6.58 Å². The van der Waals surface area contributed by atoms with E-state index in [1.165, 1.54) is 6.08 Å². The Morgan fingerprint density at radius 3 is 2.88 bits per heavy atom. The lowest BCUT2D eigenvalue weighted by Gasteiger charge is -2.06. The Balaban J connectivity index is 2.68. The van der Waals surface area contributed by atoms with E-state index in [2.05, 4.69) is 11.9 Å². The number of allylic oxidation sites excluding steroid dienone is 2. The van der Waals surface area contributed by atoms with Gasteiger partial charge in [0.1, 0.15) is 0 Å². The van der Waals surface area contributed by atoms with Crippen LogP contribution in [0.5, 0.6) is 0 Å². The fourth-order valence-corrected chi connectivity index (χ4v) is 0.573. The second-order valence-electron chi connectivity index (χ2n) is 1.72. The van der Waals surface area contributed by atoms with Crippen LogP contribution >= 0.6 is 0 Å². The normalized spacial score (nSPS) is 18.5. The maximum absolute atomic E-state index is 10.5. The average Bonchev–Trinajstić information content (AvgIpc) is 1.64. The Morgan fingerprint density at radius 2 is 2.50 bits per heavy atom. The number of hydrogen-bond acceptors (Lipinski definition) is 2. The molecule has 2 heteroatoms. The van der Waals surface area contributed by atoms with Crippen LogP contribution in [0.1, 0.15) is 6.42 Å². The van der Waals surface area contributed by atoms with E-state index < -0.39 is 0 Å². The number of carbonyl (C=O) groups is 1. The average molecular weight is 109 g/mol. The summed E-state index contributed by atoms with van der Waals surface area (Å²) >= 11 is 0. The molecule has 1 rings (SSSR count). The summed E-state index contributed by atoms with van der Waals surface area (Å²) in [7, 11) is 0. The minimum absolute atomic E-state index is 0.119. The predicted molar refractivity (Wildman–Crippen MR) is 31.0 cm³/mol. The fraction of sp³-hybridized carbons (Fsp3) is 0.167. The Hall–Kier alpha value is -1.05. The van der Waals surface area contributed by atoms with E-state index >= 15 is 0 Å². The van der Waals surface area contributed by atoms with Gasteiger partial charge in [-0.2, -0.15) is 0 Å². The summed E-state index contributed by atoms with van der Waals surface area (Å²) in [6.07, 6.45) is 3.55. The highest BCUT2D eigenvalue weighted by molar-refractivity contribution is 5.92. The molecule has 0 bridgehead atoms. The largest absolute Gasteiger partial charge is 0.365 e. The molecule has 0 fully saturated rings. The Bertz CT molecular complexity index is 158. The van der Waals surface area contributed by atoms with Crippen LogP contribution in [0.25, 0.3) is 0 Å². The second kappa shape index (κ2) is 1.82. The number of nitrogens with one attached hydrogen (secondary N) is 1. The molecule has 0 aliphatic carbocycles. The van der Waals surface area contributed by atoms with E-state index in [0.29, 0.717) is 6.42 Å². The molecule has 0 atom stereocenters. The second-order valence-corrected chi connectivity index (χ2v) is 1.72. The number of hydrogen-bond donors (Lipinski definition) is 1. The summed E-state index contributed by atoms with van der Waals surface area (Å²) in [6.45, 7) is 3.58. The van der Waals surface area contributed by atoms with Crippen molar-refractivity contribution in [3.8, 4) is 0 Å². The molecule has 0 aromatic carbocycles. The molecule has 0 aromatic heterocycles. The van der Waals surface area contributed by atoms with Gasteiger partial charge in [-0.15, -0.1) is 0 Å². The molecule has 42 valence electrons. The topological polar surface area (TPSA) is 29.1 Å². The fourth-order valence-electron chi connectivity index (χ4n) is 0.573.